The summed E-state index contributed by atoms with van der Waals surface area (Å²) in [6, 6.07) is 7.65. The monoisotopic (exact) mass is 662 g/mol. The number of ether oxygens (including phenoxy) is 2. The highest BCUT2D eigenvalue weighted by molar-refractivity contribution is 5.64. The number of benzene rings is 2. The topological polar surface area (TPSA) is 76.0 Å². The van der Waals surface area contributed by atoms with E-state index < -0.39 is 5.41 Å². The maximum absolute atomic E-state index is 13.7. The van der Waals surface area contributed by atoms with E-state index in [4.69, 9.17) is 9.47 Å². The van der Waals surface area contributed by atoms with Gasteiger partial charge in [0, 0.05) is 22.1 Å². The van der Waals surface area contributed by atoms with Gasteiger partial charge in [-0.25, -0.2) is 0 Å². The second-order valence-electron chi connectivity index (χ2n) is 14.6. The van der Waals surface area contributed by atoms with Crippen molar-refractivity contribution in [1.82, 2.24) is 0 Å². The van der Waals surface area contributed by atoms with Crippen LogP contribution in [-0.4, -0.2) is 30.7 Å². The average molecular weight is 663 g/mol. The first kappa shape index (κ1) is 36.0. The molecule has 2 aromatic rings. The van der Waals surface area contributed by atoms with Crippen molar-refractivity contribution >= 4 is 6.29 Å². The van der Waals surface area contributed by atoms with Gasteiger partial charge in [0.15, 0.2) is 0 Å². The SMILES string of the molecule is C=C1/C=C/CC2(C=O)C3C=C(CC/C=C(\C)Cc4cc(O)c(cc4OC)C/C=C(/C)C3)CC2Cc2cc(OC)c(cc2O)C/C(C)=C\CC1. The van der Waals surface area contributed by atoms with Crippen LogP contribution in [0.15, 0.2) is 95.2 Å². The third-order valence-electron chi connectivity index (χ3n) is 10.9. The Hall–Kier alpha value is -4.25. The summed E-state index contributed by atoms with van der Waals surface area (Å²) in [7, 11) is 3.37. The Morgan fingerprint density at radius 1 is 0.776 bits per heavy atom. The number of aromatic hydroxyl groups is 2. The maximum atomic E-state index is 13.7. The van der Waals surface area contributed by atoms with Crippen molar-refractivity contribution in [1.29, 1.82) is 0 Å². The maximum Gasteiger partial charge on any atom is 0.127 e. The van der Waals surface area contributed by atoms with Crippen LogP contribution < -0.4 is 9.47 Å². The number of fused-ring (bicyclic) bond motifs is 15. The van der Waals surface area contributed by atoms with Crippen LogP contribution in [0.5, 0.6) is 23.0 Å². The Kier molecular flexibility index (Phi) is 11.7. The van der Waals surface area contributed by atoms with E-state index >= 15 is 0 Å². The van der Waals surface area contributed by atoms with E-state index in [2.05, 4.69) is 63.8 Å². The smallest absolute Gasteiger partial charge is 0.127 e. The van der Waals surface area contributed by atoms with Gasteiger partial charge in [0.1, 0.15) is 29.3 Å². The molecule has 3 atom stereocenters. The van der Waals surface area contributed by atoms with Crippen molar-refractivity contribution in [2.24, 2.45) is 17.3 Å². The van der Waals surface area contributed by atoms with E-state index in [-0.39, 0.29) is 23.3 Å². The van der Waals surface area contributed by atoms with Crippen LogP contribution in [0.1, 0.15) is 88.0 Å². The van der Waals surface area contributed by atoms with Crippen molar-refractivity contribution in [2.75, 3.05) is 14.2 Å². The van der Waals surface area contributed by atoms with Gasteiger partial charge in [-0.05, 0) is 133 Å². The zero-order valence-corrected chi connectivity index (χ0v) is 30.1. The van der Waals surface area contributed by atoms with Crippen LogP contribution in [0.2, 0.25) is 0 Å². The van der Waals surface area contributed by atoms with Crippen molar-refractivity contribution in [3.63, 3.8) is 0 Å². The minimum Gasteiger partial charge on any atom is -0.508 e. The minimum absolute atomic E-state index is 0.0271. The third-order valence-corrected chi connectivity index (χ3v) is 10.9. The summed E-state index contributed by atoms with van der Waals surface area (Å²) in [5.41, 5.74) is 8.92. The Morgan fingerprint density at radius 3 is 2.02 bits per heavy atom. The highest BCUT2D eigenvalue weighted by Crippen LogP contribution is 2.51. The van der Waals surface area contributed by atoms with E-state index in [0.29, 0.717) is 32.1 Å². The lowest BCUT2D eigenvalue weighted by molar-refractivity contribution is -0.122. The van der Waals surface area contributed by atoms with E-state index in [1.165, 1.54) is 28.6 Å². The second-order valence-corrected chi connectivity index (χ2v) is 14.6. The van der Waals surface area contributed by atoms with E-state index in [9.17, 15) is 15.0 Å². The lowest BCUT2D eigenvalue weighted by atomic mass is 9.57. The molecular weight excluding hydrogens is 608 g/mol. The molecule has 0 radical (unpaired) electrons. The van der Waals surface area contributed by atoms with Gasteiger partial charge in [-0.3, -0.25) is 0 Å². The summed E-state index contributed by atoms with van der Waals surface area (Å²) < 4.78 is 11.6. The number of carbonyl (C=O) groups is 1. The Labute approximate surface area is 293 Å². The summed E-state index contributed by atoms with van der Waals surface area (Å²) in [5, 5.41) is 22.4. The number of hydrogen-bond acceptors (Lipinski definition) is 5. The predicted octanol–water partition coefficient (Wildman–Crippen LogP) is 10.1. The summed E-state index contributed by atoms with van der Waals surface area (Å²) >= 11 is 0. The lowest BCUT2D eigenvalue weighted by Gasteiger charge is -2.46. The van der Waals surface area contributed by atoms with Gasteiger partial charge in [-0.1, -0.05) is 70.9 Å². The molecule has 0 amide bonds. The number of methoxy groups -OCH3 is 2. The van der Waals surface area contributed by atoms with Crippen LogP contribution in [0.25, 0.3) is 0 Å². The normalized spacial score (nSPS) is 27.7. The molecule has 0 saturated heterocycles. The Bertz CT molecular complexity index is 1720. The lowest BCUT2D eigenvalue weighted by Crippen LogP contribution is -2.43. The van der Waals surface area contributed by atoms with Crippen molar-refractivity contribution in [2.45, 2.75) is 91.4 Å². The molecule has 5 aliphatic rings. The van der Waals surface area contributed by atoms with Crippen LogP contribution in [0, 0.1) is 17.3 Å². The predicted molar refractivity (Wildman–Crippen MR) is 200 cm³/mol. The Balaban J connectivity index is 1.61. The number of carbonyl (C=O) groups excluding carboxylic acids is 1. The molecule has 5 nitrogen and oxygen atoms in total. The fraction of sp³-hybridized carbons (Fsp3) is 0.432. The first-order valence-electron chi connectivity index (χ1n) is 17.8. The fourth-order valence-electron chi connectivity index (χ4n) is 8.10. The molecule has 5 heteroatoms. The minimum atomic E-state index is -0.689. The third kappa shape index (κ3) is 8.49. The van der Waals surface area contributed by atoms with E-state index in [0.717, 1.165) is 77.9 Å². The number of phenols is 2. The van der Waals surface area contributed by atoms with Gasteiger partial charge in [0.05, 0.1) is 14.2 Å². The van der Waals surface area contributed by atoms with Gasteiger partial charge >= 0.3 is 0 Å². The van der Waals surface area contributed by atoms with Gasteiger partial charge in [-0.15, -0.1) is 0 Å². The molecule has 2 aromatic carbocycles. The van der Waals surface area contributed by atoms with Crippen LogP contribution in [-0.2, 0) is 30.5 Å². The van der Waals surface area contributed by atoms with Crippen LogP contribution in [0.3, 0.4) is 0 Å². The molecule has 0 spiro atoms. The number of hydrogen-bond donors (Lipinski definition) is 2. The van der Waals surface area contributed by atoms with Crippen molar-refractivity contribution in [3.05, 3.63) is 117 Å². The van der Waals surface area contributed by atoms with Crippen molar-refractivity contribution in [3.8, 4) is 23.0 Å². The largest absolute Gasteiger partial charge is 0.508 e. The second kappa shape index (κ2) is 16.0. The Morgan fingerprint density at radius 2 is 1.39 bits per heavy atom. The first-order valence-corrected chi connectivity index (χ1v) is 17.8. The summed E-state index contributed by atoms with van der Waals surface area (Å²) in [5.74, 6) is 2.03. The summed E-state index contributed by atoms with van der Waals surface area (Å²) in [4.78, 5) is 13.7. The van der Waals surface area contributed by atoms with Crippen LogP contribution >= 0.6 is 0 Å². The summed E-state index contributed by atoms with van der Waals surface area (Å²) in [6.45, 7) is 10.7. The molecule has 0 aliphatic heterocycles. The summed E-state index contributed by atoms with van der Waals surface area (Å²) in [6.07, 6.45) is 22.7. The molecule has 6 bridgehead atoms. The standard InChI is InChI=1S/C44H54O5/c1-29-10-7-11-30(2)18-37-25-41(47)35(27-43(37)49-6)23-39-22-33-14-8-12-31(3)19-36-24-40(46)34(26-42(36)48-5)16-15-32(4)20-38(21-33)44(39,28-45)17-9-13-29/h9,11-13,15,21,24-28,38-39,46-47H,1,7-8,10,14,16-20,22-23H2,2-6H3/b13-9+,30-11-,31-12+,32-15-. The highest BCUT2D eigenvalue weighted by atomic mass is 16.5. The average Bonchev–Trinajstić information content (AvgIpc) is 3.05. The molecular formula is C44H54O5. The van der Waals surface area contributed by atoms with Gasteiger partial charge in [0.2, 0.25) is 0 Å². The molecule has 5 aliphatic carbocycles. The zero-order valence-electron chi connectivity index (χ0n) is 30.1. The highest BCUT2D eigenvalue weighted by Gasteiger charge is 2.46. The van der Waals surface area contributed by atoms with E-state index in [1.807, 2.05) is 24.3 Å². The van der Waals surface area contributed by atoms with Crippen molar-refractivity contribution < 1.29 is 24.5 Å². The molecule has 0 heterocycles. The number of aldehydes is 1. The quantitative estimate of drug-likeness (QED) is 0.253. The zero-order chi connectivity index (χ0) is 35.1. The van der Waals surface area contributed by atoms with Gasteiger partial charge in [-0.2, -0.15) is 0 Å². The van der Waals surface area contributed by atoms with Crippen LogP contribution in [0.4, 0.5) is 0 Å². The molecule has 260 valence electrons. The fourth-order valence-corrected chi connectivity index (χ4v) is 8.10. The molecule has 49 heavy (non-hydrogen) atoms. The van der Waals surface area contributed by atoms with Gasteiger partial charge in [0.25, 0.3) is 0 Å². The molecule has 7 rings (SSSR count). The number of rotatable bonds is 3. The molecule has 0 fully saturated rings. The molecule has 0 aromatic heterocycles. The number of phenolic OH excluding ortho intramolecular Hbond substituents is 2. The van der Waals surface area contributed by atoms with Gasteiger partial charge < -0.3 is 24.5 Å². The first-order chi connectivity index (χ1) is 23.5. The molecule has 2 N–H and O–H groups in total. The molecule has 0 saturated carbocycles. The van der Waals surface area contributed by atoms with E-state index in [1.54, 1.807) is 14.2 Å². The number of allylic oxidation sites excluding steroid dienone is 11. The molecule has 3 unspecified atom stereocenters.